The van der Waals surface area contributed by atoms with E-state index in [0.717, 1.165) is 44.1 Å². The maximum absolute atomic E-state index is 12.5. The average molecular weight is 414 g/mol. The van der Waals surface area contributed by atoms with Crippen LogP contribution in [0.25, 0.3) is 0 Å². The summed E-state index contributed by atoms with van der Waals surface area (Å²) in [4.78, 5) is 24.0. The van der Waals surface area contributed by atoms with Crippen molar-refractivity contribution in [2.45, 2.75) is 81.7 Å². The quantitative estimate of drug-likeness (QED) is 0.569. The van der Waals surface area contributed by atoms with Crippen LogP contribution < -0.4 is 5.63 Å². The Morgan fingerprint density at radius 3 is 2.67 bits per heavy atom. The fourth-order valence-electron chi connectivity index (χ4n) is 8.74. The molecule has 1 aromatic heterocycles. The van der Waals surface area contributed by atoms with Gasteiger partial charge in [0.1, 0.15) is 18.0 Å². The number of aldehydes is 1. The van der Waals surface area contributed by atoms with E-state index >= 15 is 0 Å². The lowest BCUT2D eigenvalue weighted by Crippen LogP contribution is -2.59. The van der Waals surface area contributed by atoms with Crippen LogP contribution in [0.3, 0.4) is 0 Å². The molecule has 2 N–H and O–H groups in total. The van der Waals surface area contributed by atoms with Crippen LogP contribution in [0.5, 0.6) is 0 Å². The van der Waals surface area contributed by atoms with E-state index < -0.39 is 11.7 Å². The third-order valence-corrected chi connectivity index (χ3v) is 9.97. The van der Waals surface area contributed by atoms with E-state index in [9.17, 15) is 19.8 Å². The van der Waals surface area contributed by atoms with E-state index in [1.165, 1.54) is 18.6 Å². The molecule has 0 amide bonds. The van der Waals surface area contributed by atoms with Crippen molar-refractivity contribution in [2.75, 3.05) is 0 Å². The molecular weight excluding hydrogens is 384 g/mol. The second kappa shape index (κ2) is 6.05. The molecule has 10 unspecified atom stereocenters. The fourth-order valence-corrected chi connectivity index (χ4v) is 8.74. The summed E-state index contributed by atoms with van der Waals surface area (Å²) in [6, 6.07) is 3.20. The highest BCUT2D eigenvalue weighted by Gasteiger charge is 2.84. The minimum atomic E-state index is -0.639. The summed E-state index contributed by atoms with van der Waals surface area (Å²) in [5.74, 6) is 0.607. The summed E-state index contributed by atoms with van der Waals surface area (Å²) in [5.41, 5.74) is -0.562. The zero-order valence-electron chi connectivity index (χ0n) is 17.3. The largest absolute Gasteiger partial charge is 0.431 e. The van der Waals surface area contributed by atoms with Crippen LogP contribution in [0.15, 0.2) is 27.6 Å². The Morgan fingerprint density at radius 1 is 1.10 bits per heavy atom. The van der Waals surface area contributed by atoms with Crippen molar-refractivity contribution in [1.29, 1.82) is 0 Å². The second-order valence-electron chi connectivity index (χ2n) is 10.8. The Bertz CT molecular complexity index is 921. The van der Waals surface area contributed by atoms with Crippen molar-refractivity contribution < 1.29 is 24.2 Å². The van der Waals surface area contributed by atoms with Gasteiger partial charge >= 0.3 is 5.63 Å². The summed E-state index contributed by atoms with van der Waals surface area (Å²) in [6.45, 7) is 2.22. The standard InChI is InChI=1S/C24H30O6/c1-22-8-7-16-17(4-3-14-10-15(26)6-9-23(14,16)12-25)24(22)21(30-24)20(28)19(22)13-2-5-18(27)29-11-13/h2,5,11-12,14-17,19-21,26,28H,3-4,6-10H2,1H3. The minimum absolute atomic E-state index is 0.139. The average Bonchev–Trinajstić information content (AvgIpc) is 3.45. The normalized spacial score (nSPS) is 53.8. The lowest BCUT2D eigenvalue weighted by molar-refractivity contribution is -0.159. The lowest BCUT2D eigenvalue weighted by atomic mass is 9.44. The number of hydrogen-bond acceptors (Lipinski definition) is 6. The van der Waals surface area contributed by atoms with Crippen LogP contribution in [0.4, 0.5) is 0 Å². The summed E-state index contributed by atoms with van der Waals surface area (Å²) in [6.07, 6.45) is 7.47. The van der Waals surface area contributed by atoms with E-state index in [1.54, 1.807) is 6.07 Å². The molecule has 0 radical (unpaired) electrons. The summed E-state index contributed by atoms with van der Waals surface area (Å²) < 4.78 is 11.5. The van der Waals surface area contributed by atoms with E-state index in [4.69, 9.17) is 9.15 Å². The predicted molar refractivity (Wildman–Crippen MR) is 107 cm³/mol. The molecule has 1 aromatic rings. The molecule has 5 aliphatic rings. The molecule has 6 rings (SSSR count). The minimum Gasteiger partial charge on any atom is -0.431 e. The van der Waals surface area contributed by atoms with Gasteiger partial charge in [0.05, 0.1) is 18.5 Å². The van der Waals surface area contributed by atoms with E-state index in [0.29, 0.717) is 6.42 Å². The highest BCUT2D eigenvalue weighted by molar-refractivity contribution is 5.62. The zero-order valence-corrected chi connectivity index (χ0v) is 17.3. The van der Waals surface area contributed by atoms with Crippen molar-refractivity contribution in [2.24, 2.45) is 28.6 Å². The van der Waals surface area contributed by atoms with Gasteiger partial charge in [-0.15, -0.1) is 0 Å². The number of hydrogen-bond donors (Lipinski definition) is 2. The van der Waals surface area contributed by atoms with Gasteiger partial charge < -0.3 is 24.2 Å². The van der Waals surface area contributed by atoms with E-state index in [2.05, 4.69) is 6.92 Å². The highest BCUT2D eigenvalue weighted by Crippen LogP contribution is 2.77. The maximum Gasteiger partial charge on any atom is 0.335 e. The van der Waals surface area contributed by atoms with Crippen LogP contribution in [0.2, 0.25) is 0 Å². The first kappa shape index (κ1) is 19.2. The molecule has 6 nitrogen and oxygen atoms in total. The topological polar surface area (TPSA) is 100 Å². The molecular formula is C24H30O6. The van der Waals surface area contributed by atoms with Gasteiger partial charge in [0.25, 0.3) is 0 Å². The van der Waals surface area contributed by atoms with Crippen molar-refractivity contribution >= 4 is 6.29 Å². The molecule has 6 heteroatoms. The van der Waals surface area contributed by atoms with Crippen molar-refractivity contribution in [3.8, 4) is 0 Å². The fraction of sp³-hybridized carbons (Fsp3) is 0.750. The molecule has 0 bridgehead atoms. The van der Waals surface area contributed by atoms with Crippen LogP contribution in [0.1, 0.15) is 63.4 Å². The molecule has 5 fully saturated rings. The third kappa shape index (κ3) is 2.10. The second-order valence-corrected chi connectivity index (χ2v) is 10.8. The molecule has 0 aromatic carbocycles. The Kier molecular flexibility index (Phi) is 3.87. The SMILES string of the molecule is CC12CCC3C(CCC4CC(O)CCC43C=O)C13OC3C(O)C2c1ccc(=O)oc1. The van der Waals surface area contributed by atoms with Gasteiger partial charge in [-0.2, -0.15) is 0 Å². The number of aliphatic hydroxyl groups excluding tert-OH is 2. The Labute approximate surface area is 175 Å². The Hall–Kier alpha value is -1.50. The van der Waals surface area contributed by atoms with Gasteiger partial charge in [-0.1, -0.05) is 6.92 Å². The Morgan fingerprint density at radius 2 is 1.93 bits per heavy atom. The van der Waals surface area contributed by atoms with Crippen molar-refractivity contribution in [1.82, 2.24) is 0 Å². The van der Waals surface area contributed by atoms with Gasteiger partial charge in [0.15, 0.2) is 0 Å². The van der Waals surface area contributed by atoms with Crippen LogP contribution in [-0.4, -0.2) is 40.4 Å². The Balaban J connectivity index is 1.40. The van der Waals surface area contributed by atoms with Crippen molar-refractivity contribution in [3.63, 3.8) is 0 Å². The number of carbonyl (C=O) groups is 1. The first-order chi connectivity index (χ1) is 14.4. The summed E-state index contributed by atoms with van der Waals surface area (Å²) >= 11 is 0. The molecule has 2 heterocycles. The first-order valence-corrected chi connectivity index (χ1v) is 11.5. The maximum atomic E-state index is 12.5. The third-order valence-electron chi connectivity index (χ3n) is 9.97. The van der Waals surface area contributed by atoms with Crippen LogP contribution in [-0.2, 0) is 9.53 Å². The highest BCUT2D eigenvalue weighted by atomic mass is 16.6. The van der Waals surface area contributed by atoms with Gasteiger partial charge in [-0.25, -0.2) is 4.79 Å². The van der Waals surface area contributed by atoms with Crippen LogP contribution in [0, 0.1) is 28.6 Å². The molecule has 4 aliphatic carbocycles. The van der Waals surface area contributed by atoms with E-state index in [-0.39, 0.29) is 52.3 Å². The van der Waals surface area contributed by atoms with Gasteiger partial charge in [0.2, 0.25) is 0 Å². The zero-order chi connectivity index (χ0) is 20.9. The molecule has 30 heavy (non-hydrogen) atoms. The molecule has 1 saturated heterocycles. The lowest BCUT2D eigenvalue weighted by Gasteiger charge is -2.60. The number of rotatable bonds is 2. The number of epoxide rings is 1. The number of aliphatic hydroxyl groups is 2. The first-order valence-electron chi connectivity index (χ1n) is 11.5. The number of fused-ring (bicyclic) bond motifs is 3. The molecule has 1 spiro atoms. The van der Waals surface area contributed by atoms with Crippen LogP contribution >= 0.6 is 0 Å². The monoisotopic (exact) mass is 414 g/mol. The summed E-state index contributed by atoms with van der Waals surface area (Å²) in [7, 11) is 0. The van der Waals surface area contributed by atoms with Crippen molar-refractivity contribution in [3.05, 3.63) is 34.4 Å². The number of carbonyl (C=O) groups excluding carboxylic acids is 1. The van der Waals surface area contributed by atoms with Gasteiger partial charge in [-0.05, 0) is 74.3 Å². The summed E-state index contributed by atoms with van der Waals surface area (Å²) in [5, 5.41) is 21.5. The molecule has 4 saturated carbocycles. The molecule has 162 valence electrons. The van der Waals surface area contributed by atoms with E-state index in [1.807, 2.05) is 0 Å². The predicted octanol–water partition coefficient (Wildman–Crippen LogP) is 2.41. The molecule has 10 atom stereocenters. The number of ether oxygens (including phenoxy) is 1. The molecule has 1 aliphatic heterocycles. The van der Waals surface area contributed by atoms with Gasteiger partial charge in [0, 0.05) is 22.8 Å². The van der Waals surface area contributed by atoms with Gasteiger partial charge in [-0.3, -0.25) is 0 Å². The smallest absolute Gasteiger partial charge is 0.335 e.